The highest BCUT2D eigenvalue weighted by Crippen LogP contribution is 2.30. The van der Waals surface area contributed by atoms with Crippen molar-refractivity contribution in [2.45, 2.75) is 38.3 Å². The van der Waals surface area contributed by atoms with Crippen molar-refractivity contribution < 1.29 is 18.0 Å². The summed E-state index contributed by atoms with van der Waals surface area (Å²) in [5, 5.41) is 3.59. The van der Waals surface area contributed by atoms with Crippen LogP contribution in [0.4, 0.5) is 5.69 Å². The van der Waals surface area contributed by atoms with E-state index in [2.05, 4.69) is 5.32 Å². The third-order valence-electron chi connectivity index (χ3n) is 5.78. The molecular weight excluding hydrogens is 569 g/mol. The van der Waals surface area contributed by atoms with Crippen molar-refractivity contribution in [2.24, 2.45) is 0 Å². The topological polar surface area (TPSA) is 86.8 Å². The molecule has 1 atom stereocenters. The standard InChI is InChI=1S/C27H28Cl3N3O4S/c1-4-31-27(35)19(3)32(16-20-6-5-7-21(28)12-20)26(34)17-33(24-14-22(29)13-23(30)15-24)38(36,37)25-10-8-18(2)9-11-25/h5-15,19H,4,16-17H2,1-3H3,(H,31,35)/t19-/m1/s1. The molecule has 0 aliphatic carbocycles. The summed E-state index contributed by atoms with van der Waals surface area (Å²) in [6, 6.07) is 16.6. The Morgan fingerprint density at radius 2 is 1.55 bits per heavy atom. The van der Waals surface area contributed by atoms with Gasteiger partial charge in [-0.1, -0.05) is 64.6 Å². The number of hydrogen-bond donors (Lipinski definition) is 1. The predicted octanol–water partition coefficient (Wildman–Crippen LogP) is 5.70. The van der Waals surface area contributed by atoms with Crippen molar-refractivity contribution in [1.82, 2.24) is 10.2 Å². The largest absolute Gasteiger partial charge is 0.355 e. The van der Waals surface area contributed by atoms with Gasteiger partial charge in [-0.25, -0.2) is 8.42 Å². The van der Waals surface area contributed by atoms with E-state index < -0.39 is 28.5 Å². The van der Waals surface area contributed by atoms with Gasteiger partial charge in [0.25, 0.3) is 10.0 Å². The molecule has 0 saturated heterocycles. The van der Waals surface area contributed by atoms with Crippen molar-refractivity contribution >= 4 is 62.3 Å². The number of aryl methyl sites for hydroxylation is 1. The summed E-state index contributed by atoms with van der Waals surface area (Å²) in [5.41, 5.74) is 1.67. The van der Waals surface area contributed by atoms with Gasteiger partial charge >= 0.3 is 0 Å². The SMILES string of the molecule is CCNC(=O)[C@@H](C)N(Cc1cccc(Cl)c1)C(=O)CN(c1cc(Cl)cc(Cl)c1)S(=O)(=O)c1ccc(C)cc1. The van der Waals surface area contributed by atoms with Crippen molar-refractivity contribution in [3.8, 4) is 0 Å². The zero-order valence-corrected chi connectivity index (χ0v) is 24.2. The molecule has 0 bridgehead atoms. The Morgan fingerprint density at radius 3 is 2.13 bits per heavy atom. The predicted molar refractivity (Wildman–Crippen MR) is 152 cm³/mol. The molecule has 0 aliphatic heterocycles. The fraction of sp³-hybridized carbons (Fsp3) is 0.259. The molecule has 0 aliphatic rings. The fourth-order valence-corrected chi connectivity index (χ4v) is 5.91. The van der Waals surface area contributed by atoms with Crippen LogP contribution in [0.15, 0.2) is 71.6 Å². The molecule has 0 fully saturated rings. The van der Waals surface area contributed by atoms with Gasteiger partial charge in [-0.15, -0.1) is 0 Å². The highest BCUT2D eigenvalue weighted by atomic mass is 35.5. The first-order valence-corrected chi connectivity index (χ1v) is 14.4. The number of nitrogens with zero attached hydrogens (tertiary/aromatic N) is 2. The minimum absolute atomic E-state index is 0.00911. The van der Waals surface area contributed by atoms with Crippen molar-refractivity contribution in [3.05, 3.63) is 92.9 Å². The molecule has 0 heterocycles. The lowest BCUT2D eigenvalue weighted by Gasteiger charge is -2.32. The average molecular weight is 597 g/mol. The number of nitrogens with one attached hydrogen (secondary N) is 1. The fourth-order valence-electron chi connectivity index (χ4n) is 3.79. The molecule has 38 heavy (non-hydrogen) atoms. The molecule has 2 amide bonds. The van der Waals surface area contributed by atoms with Crippen LogP contribution < -0.4 is 9.62 Å². The second-order valence-electron chi connectivity index (χ2n) is 8.67. The zero-order chi connectivity index (χ0) is 28.0. The number of benzene rings is 3. The van der Waals surface area contributed by atoms with Crippen LogP contribution in [-0.4, -0.2) is 44.3 Å². The van der Waals surface area contributed by atoms with Crippen molar-refractivity contribution in [3.63, 3.8) is 0 Å². The van der Waals surface area contributed by atoms with Gasteiger partial charge in [0.05, 0.1) is 10.6 Å². The third kappa shape index (κ3) is 7.41. The second kappa shape index (κ2) is 12.8. The van der Waals surface area contributed by atoms with E-state index in [0.29, 0.717) is 17.1 Å². The smallest absolute Gasteiger partial charge is 0.264 e. The van der Waals surface area contributed by atoms with Crippen LogP contribution in [0.25, 0.3) is 0 Å². The van der Waals surface area contributed by atoms with E-state index in [4.69, 9.17) is 34.8 Å². The van der Waals surface area contributed by atoms with Crippen LogP contribution >= 0.6 is 34.8 Å². The molecule has 3 rings (SSSR count). The number of carbonyl (C=O) groups is 2. The van der Waals surface area contributed by atoms with E-state index in [1.54, 1.807) is 50.2 Å². The molecule has 3 aromatic rings. The molecule has 0 saturated carbocycles. The highest BCUT2D eigenvalue weighted by Gasteiger charge is 2.32. The van der Waals surface area contributed by atoms with Crippen LogP contribution in [0, 0.1) is 6.92 Å². The number of hydrogen-bond acceptors (Lipinski definition) is 4. The Kier molecular flexibility index (Phi) is 10.1. The van der Waals surface area contributed by atoms with E-state index in [-0.39, 0.29) is 33.1 Å². The first kappa shape index (κ1) is 29.8. The summed E-state index contributed by atoms with van der Waals surface area (Å²) in [7, 11) is -4.22. The van der Waals surface area contributed by atoms with Crippen LogP contribution in [0.5, 0.6) is 0 Å². The number of rotatable bonds is 10. The van der Waals surface area contributed by atoms with Gasteiger partial charge in [0.2, 0.25) is 11.8 Å². The Hall–Kier alpha value is -2.78. The number of halogens is 3. The Bertz CT molecular complexity index is 1400. The van der Waals surface area contributed by atoms with Crippen molar-refractivity contribution in [2.75, 3.05) is 17.4 Å². The van der Waals surface area contributed by atoms with Gasteiger partial charge in [-0.2, -0.15) is 0 Å². The summed E-state index contributed by atoms with van der Waals surface area (Å²) < 4.78 is 28.6. The first-order valence-electron chi connectivity index (χ1n) is 11.8. The molecule has 202 valence electrons. The minimum Gasteiger partial charge on any atom is -0.355 e. The Balaban J connectivity index is 2.07. The molecule has 3 aromatic carbocycles. The molecule has 1 N–H and O–H groups in total. The molecule has 0 spiro atoms. The molecule has 7 nitrogen and oxygen atoms in total. The molecule has 0 radical (unpaired) electrons. The summed E-state index contributed by atoms with van der Waals surface area (Å²) in [6.45, 7) is 5.00. The van der Waals surface area contributed by atoms with E-state index >= 15 is 0 Å². The number of carbonyl (C=O) groups excluding carboxylic acids is 2. The van der Waals surface area contributed by atoms with Gasteiger partial charge in [0.1, 0.15) is 12.6 Å². The number of likely N-dealkylation sites (N-methyl/N-ethyl adjacent to an activating group) is 1. The summed E-state index contributed by atoms with van der Waals surface area (Å²) in [4.78, 5) is 27.9. The van der Waals surface area contributed by atoms with Gasteiger partial charge in [-0.05, 0) is 68.8 Å². The van der Waals surface area contributed by atoms with E-state index in [1.165, 1.54) is 35.2 Å². The van der Waals surface area contributed by atoms with Crippen molar-refractivity contribution in [1.29, 1.82) is 0 Å². The maximum absolute atomic E-state index is 13.8. The minimum atomic E-state index is -4.22. The normalized spacial score (nSPS) is 12.1. The lowest BCUT2D eigenvalue weighted by molar-refractivity contribution is -0.139. The van der Waals surface area contributed by atoms with Crippen LogP contribution in [-0.2, 0) is 26.2 Å². The summed E-state index contributed by atoms with van der Waals surface area (Å²) in [6.07, 6.45) is 0. The molecular formula is C27H28Cl3N3O4S. The van der Waals surface area contributed by atoms with Gasteiger partial charge in [-0.3, -0.25) is 13.9 Å². The van der Waals surface area contributed by atoms with Crippen LogP contribution in [0.1, 0.15) is 25.0 Å². The Labute approximate surface area is 238 Å². The summed E-state index contributed by atoms with van der Waals surface area (Å²) >= 11 is 18.5. The summed E-state index contributed by atoms with van der Waals surface area (Å²) in [5.74, 6) is -0.975. The van der Waals surface area contributed by atoms with E-state index in [9.17, 15) is 18.0 Å². The first-order chi connectivity index (χ1) is 17.9. The monoisotopic (exact) mass is 595 g/mol. The maximum atomic E-state index is 13.8. The number of amides is 2. The third-order valence-corrected chi connectivity index (χ3v) is 8.24. The van der Waals surface area contributed by atoms with Gasteiger partial charge in [0, 0.05) is 28.2 Å². The second-order valence-corrected chi connectivity index (χ2v) is 11.8. The van der Waals surface area contributed by atoms with E-state index in [0.717, 1.165) is 9.87 Å². The molecule has 11 heteroatoms. The zero-order valence-electron chi connectivity index (χ0n) is 21.1. The lowest BCUT2D eigenvalue weighted by Crippen LogP contribution is -2.51. The van der Waals surface area contributed by atoms with Gasteiger partial charge in [0.15, 0.2) is 0 Å². The van der Waals surface area contributed by atoms with E-state index in [1.807, 2.05) is 6.92 Å². The number of sulfonamides is 1. The lowest BCUT2D eigenvalue weighted by atomic mass is 10.1. The maximum Gasteiger partial charge on any atom is 0.264 e. The van der Waals surface area contributed by atoms with Crippen LogP contribution in [0.3, 0.4) is 0 Å². The number of anilines is 1. The van der Waals surface area contributed by atoms with Crippen LogP contribution in [0.2, 0.25) is 15.1 Å². The molecule has 0 unspecified atom stereocenters. The quantitative estimate of drug-likeness (QED) is 0.325. The molecule has 0 aromatic heterocycles. The average Bonchev–Trinajstić information content (AvgIpc) is 2.85. The van der Waals surface area contributed by atoms with Gasteiger partial charge < -0.3 is 10.2 Å². The highest BCUT2D eigenvalue weighted by molar-refractivity contribution is 7.92. The Morgan fingerprint density at radius 1 is 0.921 bits per heavy atom.